The first kappa shape index (κ1) is 24.3. The first-order valence-corrected chi connectivity index (χ1v) is 12.3. The predicted molar refractivity (Wildman–Crippen MR) is 133 cm³/mol. The van der Waals surface area contributed by atoms with Gasteiger partial charge in [0.15, 0.2) is 5.69 Å². The highest BCUT2D eigenvalue weighted by atomic mass is 35.5. The maximum absolute atomic E-state index is 14.1. The number of carbonyl (C=O) groups is 1. The Balaban J connectivity index is 1.63. The minimum absolute atomic E-state index is 0.0166. The number of alkyl halides is 3. The van der Waals surface area contributed by atoms with Gasteiger partial charge in [0.05, 0.1) is 17.4 Å². The van der Waals surface area contributed by atoms with Crippen LogP contribution in [0.1, 0.15) is 33.2 Å². The van der Waals surface area contributed by atoms with E-state index in [1.807, 2.05) is 6.07 Å². The lowest BCUT2D eigenvalue weighted by atomic mass is 9.84. The normalized spacial score (nSPS) is 15.6. The van der Waals surface area contributed by atoms with Crippen molar-refractivity contribution in [3.8, 4) is 11.1 Å². The van der Waals surface area contributed by atoms with E-state index in [-0.39, 0.29) is 23.9 Å². The number of amides is 1. The summed E-state index contributed by atoms with van der Waals surface area (Å²) in [5, 5.41) is 3.91. The molecule has 0 bridgehead atoms. The van der Waals surface area contributed by atoms with Crippen LogP contribution in [0.25, 0.3) is 11.1 Å². The molecule has 0 saturated carbocycles. The fourth-order valence-corrected chi connectivity index (χ4v) is 5.94. The maximum Gasteiger partial charge on any atom is 0.435 e. The molecule has 0 N–H and O–H groups in total. The average Bonchev–Trinajstić information content (AvgIpc) is 3.46. The largest absolute Gasteiger partial charge is 0.435 e. The summed E-state index contributed by atoms with van der Waals surface area (Å²) in [5.74, 6) is -0.603. The molecule has 1 aliphatic heterocycles. The smallest absolute Gasteiger partial charge is 0.333 e. The van der Waals surface area contributed by atoms with E-state index in [0.29, 0.717) is 28.6 Å². The Labute approximate surface area is 214 Å². The highest BCUT2D eigenvalue weighted by molar-refractivity contribution is 7.16. The number of fused-ring (bicyclic) bond motifs is 1. The number of benzene rings is 1. The first-order chi connectivity index (χ1) is 17.2. The van der Waals surface area contributed by atoms with E-state index in [4.69, 9.17) is 11.6 Å². The molecule has 4 aromatic rings. The standard InChI is InChI=1S/C26H20ClF3N4OS/c1-2-24(35)33-13-20(19-10-23(27)36-22(19)15-33)17-7-3-4-8-18(17)21-14-34(32-25(21)26(28,29)30)12-16-6-5-9-31-11-16/h2-11,14,20H,1,12-13,15H2. The molecule has 10 heteroatoms. The van der Waals surface area contributed by atoms with Crippen LogP contribution in [0.2, 0.25) is 4.34 Å². The molecular formula is C26H20ClF3N4OS. The van der Waals surface area contributed by atoms with Crippen LogP contribution in [0.5, 0.6) is 0 Å². The molecule has 1 atom stereocenters. The zero-order valence-corrected chi connectivity index (χ0v) is 20.4. The van der Waals surface area contributed by atoms with Crippen molar-refractivity contribution < 1.29 is 18.0 Å². The van der Waals surface area contributed by atoms with Gasteiger partial charge in [0.1, 0.15) is 0 Å². The summed E-state index contributed by atoms with van der Waals surface area (Å²) < 4.78 is 44.3. The van der Waals surface area contributed by atoms with Crippen LogP contribution < -0.4 is 0 Å². The number of nitrogens with zero attached hydrogens (tertiary/aromatic N) is 4. The van der Waals surface area contributed by atoms with Gasteiger partial charge in [-0.2, -0.15) is 18.3 Å². The molecule has 5 rings (SSSR count). The van der Waals surface area contributed by atoms with Gasteiger partial charge in [-0.15, -0.1) is 11.3 Å². The van der Waals surface area contributed by atoms with Gasteiger partial charge in [-0.05, 0) is 40.5 Å². The van der Waals surface area contributed by atoms with Gasteiger partial charge < -0.3 is 4.90 Å². The van der Waals surface area contributed by atoms with Crippen LogP contribution >= 0.6 is 22.9 Å². The van der Waals surface area contributed by atoms with Crippen molar-refractivity contribution in [1.82, 2.24) is 19.7 Å². The molecule has 1 aliphatic rings. The Morgan fingerprint density at radius 1 is 1.19 bits per heavy atom. The minimum Gasteiger partial charge on any atom is -0.333 e. The van der Waals surface area contributed by atoms with Crippen LogP contribution in [0, 0.1) is 0 Å². The van der Waals surface area contributed by atoms with Crippen molar-refractivity contribution in [3.05, 3.63) is 105 Å². The van der Waals surface area contributed by atoms with E-state index in [1.165, 1.54) is 28.3 Å². The van der Waals surface area contributed by atoms with Gasteiger partial charge in [-0.1, -0.05) is 48.5 Å². The Bertz CT molecular complexity index is 1430. The van der Waals surface area contributed by atoms with Crippen molar-refractivity contribution in [2.45, 2.75) is 25.2 Å². The van der Waals surface area contributed by atoms with E-state index in [0.717, 1.165) is 16.0 Å². The van der Waals surface area contributed by atoms with Gasteiger partial charge in [0.2, 0.25) is 5.91 Å². The summed E-state index contributed by atoms with van der Waals surface area (Å²) in [7, 11) is 0. The highest BCUT2D eigenvalue weighted by Crippen LogP contribution is 2.45. The van der Waals surface area contributed by atoms with Gasteiger partial charge in [0.25, 0.3) is 0 Å². The highest BCUT2D eigenvalue weighted by Gasteiger charge is 2.39. The monoisotopic (exact) mass is 528 g/mol. The van der Waals surface area contributed by atoms with Crippen LogP contribution in [-0.2, 0) is 24.1 Å². The predicted octanol–water partition coefficient (Wildman–Crippen LogP) is 6.39. The minimum atomic E-state index is -4.66. The van der Waals surface area contributed by atoms with Gasteiger partial charge in [-0.3, -0.25) is 14.5 Å². The zero-order chi connectivity index (χ0) is 25.4. The Kier molecular flexibility index (Phi) is 6.44. The Hall–Kier alpha value is -3.43. The molecule has 4 heterocycles. The molecule has 5 nitrogen and oxygen atoms in total. The van der Waals surface area contributed by atoms with Crippen LogP contribution in [0.3, 0.4) is 0 Å². The topological polar surface area (TPSA) is 51.0 Å². The summed E-state index contributed by atoms with van der Waals surface area (Å²) >= 11 is 7.68. The van der Waals surface area contributed by atoms with E-state index >= 15 is 0 Å². The third kappa shape index (κ3) is 4.68. The molecule has 0 radical (unpaired) electrons. The summed E-state index contributed by atoms with van der Waals surface area (Å²) in [4.78, 5) is 19.1. The molecule has 0 aliphatic carbocycles. The number of halogens is 4. The fraction of sp³-hybridized carbons (Fsp3) is 0.192. The molecule has 184 valence electrons. The van der Waals surface area contributed by atoms with Crippen molar-refractivity contribution in [3.63, 3.8) is 0 Å². The van der Waals surface area contributed by atoms with E-state index in [2.05, 4.69) is 16.7 Å². The zero-order valence-electron chi connectivity index (χ0n) is 18.9. The van der Waals surface area contributed by atoms with Crippen LogP contribution in [0.4, 0.5) is 13.2 Å². The second kappa shape index (κ2) is 9.55. The van der Waals surface area contributed by atoms with Gasteiger partial charge in [-0.25, -0.2) is 0 Å². The third-order valence-corrected chi connectivity index (χ3v) is 7.40. The summed E-state index contributed by atoms with van der Waals surface area (Å²) in [6.07, 6.45) is 1.21. The van der Waals surface area contributed by atoms with Crippen molar-refractivity contribution in [2.75, 3.05) is 6.54 Å². The summed E-state index contributed by atoms with van der Waals surface area (Å²) in [6, 6.07) is 12.3. The number of aromatic nitrogens is 3. The molecule has 1 amide bonds. The number of hydrogen-bond acceptors (Lipinski definition) is 4. The van der Waals surface area contributed by atoms with E-state index in [1.54, 1.807) is 53.7 Å². The second-order valence-electron chi connectivity index (χ2n) is 8.44. The van der Waals surface area contributed by atoms with Crippen LogP contribution in [0.15, 0.2) is 73.7 Å². The van der Waals surface area contributed by atoms with E-state index < -0.39 is 11.9 Å². The first-order valence-electron chi connectivity index (χ1n) is 11.1. The summed E-state index contributed by atoms with van der Waals surface area (Å²) in [6.45, 7) is 4.41. The quantitative estimate of drug-likeness (QED) is 0.282. The Morgan fingerprint density at radius 2 is 2.00 bits per heavy atom. The fourth-order valence-electron chi connectivity index (χ4n) is 4.58. The Morgan fingerprint density at radius 3 is 2.72 bits per heavy atom. The number of rotatable bonds is 5. The van der Waals surface area contributed by atoms with Crippen LogP contribution in [-0.4, -0.2) is 32.1 Å². The number of pyridine rings is 1. The maximum atomic E-state index is 14.1. The van der Waals surface area contributed by atoms with Crippen molar-refractivity contribution >= 4 is 28.8 Å². The van der Waals surface area contributed by atoms with Gasteiger partial charge >= 0.3 is 6.18 Å². The lowest BCUT2D eigenvalue weighted by Gasteiger charge is -2.33. The van der Waals surface area contributed by atoms with Crippen molar-refractivity contribution in [1.29, 1.82) is 0 Å². The lowest BCUT2D eigenvalue weighted by molar-refractivity contribution is -0.141. The molecule has 3 aromatic heterocycles. The number of thiophene rings is 1. The van der Waals surface area contributed by atoms with Gasteiger partial charge in [0, 0.05) is 41.5 Å². The number of hydrogen-bond donors (Lipinski definition) is 0. The molecule has 1 aromatic carbocycles. The lowest BCUT2D eigenvalue weighted by Crippen LogP contribution is -2.37. The second-order valence-corrected chi connectivity index (χ2v) is 10.2. The molecule has 0 saturated heterocycles. The molecule has 0 spiro atoms. The molecule has 1 unspecified atom stereocenters. The summed E-state index contributed by atoms with van der Waals surface area (Å²) in [5.41, 5.74) is 1.75. The average molecular weight is 529 g/mol. The third-order valence-electron chi connectivity index (χ3n) is 6.13. The SMILES string of the molecule is C=CC(=O)N1Cc2sc(Cl)cc2C(c2ccccc2-c2cn(Cc3cccnc3)nc2C(F)(F)F)C1. The number of carbonyl (C=O) groups excluding carboxylic acids is 1. The molecule has 0 fully saturated rings. The van der Waals surface area contributed by atoms with E-state index in [9.17, 15) is 18.0 Å². The molecule has 36 heavy (non-hydrogen) atoms. The van der Waals surface area contributed by atoms with Crippen molar-refractivity contribution in [2.24, 2.45) is 0 Å². The molecular weight excluding hydrogens is 509 g/mol.